The molecule has 1 heterocycles. The zero-order valence-corrected chi connectivity index (χ0v) is 11.1. The summed E-state index contributed by atoms with van der Waals surface area (Å²) in [5.74, 6) is -0.335. The average Bonchev–Trinajstić information content (AvgIpc) is 2.36. The quantitative estimate of drug-likeness (QED) is 0.802. The van der Waals surface area contributed by atoms with E-state index >= 15 is 0 Å². The maximum Gasteiger partial charge on any atom is 0.272 e. The molecule has 1 amide bonds. The molecule has 2 rings (SSSR count). The third kappa shape index (κ3) is 2.84. The standard InChI is InChI=1S/C13H19N3O3/c1-2-8-16-11(18)5-4-10(15-16)12(19)14-13(9-17)6-3-7-13/h4-5,17H,2-3,6-9H2,1H3,(H,14,19). The van der Waals surface area contributed by atoms with Crippen molar-refractivity contribution in [3.8, 4) is 0 Å². The summed E-state index contributed by atoms with van der Waals surface area (Å²) in [6, 6.07) is 2.78. The highest BCUT2D eigenvalue weighted by Crippen LogP contribution is 2.31. The Morgan fingerprint density at radius 1 is 1.53 bits per heavy atom. The minimum atomic E-state index is -0.496. The van der Waals surface area contributed by atoms with Gasteiger partial charge in [-0.15, -0.1) is 0 Å². The van der Waals surface area contributed by atoms with Gasteiger partial charge in [-0.1, -0.05) is 6.92 Å². The van der Waals surface area contributed by atoms with Crippen LogP contribution in [0, 0.1) is 0 Å². The van der Waals surface area contributed by atoms with E-state index in [0.717, 1.165) is 25.7 Å². The van der Waals surface area contributed by atoms with E-state index in [-0.39, 0.29) is 23.8 Å². The number of carbonyl (C=O) groups is 1. The Balaban J connectivity index is 2.15. The number of aryl methyl sites for hydroxylation is 1. The summed E-state index contributed by atoms with van der Waals surface area (Å²) in [5.41, 5.74) is -0.489. The smallest absolute Gasteiger partial charge is 0.272 e. The van der Waals surface area contributed by atoms with Gasteiger partial charge < -0.3 is 10.4 Å². The summed E-state index contributed by atoms with van der Waals surface area (Å²) >= 11 is 0. The Morgan fingerprint density at radius 3 is 2.79 bits per heavy atom. The topological polar surface area (TPSA) is 84.2 Å². The third-order valence-corrected chi connectivity index (χ3v) is 3.53. The molecule has 6 nitrogen and oxygen atoms in total. The molecule has 0 bridgehead atoms. The van der Waals surface area contributed by atoms with E-state index < -0.39 is 5.54 Å². The maximum absolute atomic E-state index is 12.1. The van der Waals surface area contributed by atoms with Crippen LogP contribution in [-0.2, 0) is 6.54 Å². The predicted molar refractivity (Wildman–Crippen MR) is 69.9 cm³/mol. The van der Waals surface area contributed by atoms with Gasteiger partial charge in [0.05, 0.1) is 12.1 Å². The van der Waals surface area contributed by atoms with Crippen molar-refractivity contribution in [3.05, 3.63) is 28.2 Å². The summed E-state index contributed by atoms with van der Waals surface area (Å²) in [6.45, 7) is 2.37. The number of aromatic nitrogens is 2. The van der Waals surface area contributed by atoms with Crippen LogP contribution in [0.5, 0.6) is 0 Å². The first kappa shape index (κ1) is 13.7. The highest BCUT2D eigenvalue weighted by molar-refractivity contribution is 5.92. The van der Waals surface area contributed by atoms with Crippen molar-refractivity contribution in [2.45, 2.75) is 44.7 Å². The van der Waals surface area contributed by atoms with Gasteiger partial charge in [0.15, 0.2) is 0 Å². The van der Waals surface area contributed by atoms with E-state index in [2.05, 4.69) is 10.4 Å². The van der Waals surface area contributed by atoms with Crippen LogP contribution in [0.4, 0.5) is 0 Å². The number of rotatable bonds is 5. The molecule has 2 N–H and O–H groups in total. The van der Waals surface area contributed by atoms with Crippen molar-refractivity contribution in [2.24, 2.45) is 0 Å². The van der Waals surface area contributed by atoms with Crippen LogP contribution in [0.1, 0.15) is 43.1 Å². The monoisotopic (exact) mass is 265 g/mol. The van der Waals surface area contributed by atoms with E-state index in [1.807, 2.05) is 6.92 Å². The van der Waals surface area contributed by atoms with Crippen LogP contribution in [0.25, 0.3) is 0 Å². The van der Waals surface area contributed by atoms with Gasteiger partial charge in [0.1, 0.15) is 5.69 Å². The molecule has 0 aliphatic heterocycles. The van der Waals surface area contributed by atoms with Gasteiger partial charge >= 0.3 is 0 Å². The SMILES string of the molecule is CCCn1nc(C(=O)NC2(CO)CCC2)ccc1=O. The van der Waals surface area contributed by atoms with E-state index in [9.17, 15) is 14.7 Å². The molecular weight excluding hydrogens is 246 g/mol. The summed E-state index contributed by atoms with van der Waals surface area (Å²) in [6.07, 6.45) is 3.34. The number of aliphatic hydroxyl groups excluding tert-OH is 1. The highest BCUT2D eigenvalue weighted by atomic mass is 16.3. The Hall–Kier alpha value is -1.69. The largest absolute Gasteiger partial charge is 0.394 e. The number of carbonyl (C=O) groups excluding carboxylic acids is 1. The Labute approximate surface area is 111 Å². The fourth-order valence-corrected chi connectivity index (χ4v) is 2.17. The first-order valence-electron chi connectivity index (χ1n) is 6.62. The Kier molecular flexibility index (Phi) is 3.99. The van der Waals surface area contributed by atoms with Crippen molar-refractivity contribution >= 4 is 5.91 Å². The fourth-order valence-electron chi connectivity index (χ4n) is 2.17. The minimum Gasteiger partial charge on any atom is -0.394 e. The van der Waals surface area contributed by atoms with E-state index in [0.29, 0.717) is 6.54 Å². The van der Waals surface area contributed by atoms with Crippen LogP contribution < -0.4 is 10.9 Å². The van der Waals surface area contributed by atoms with Crippen LogP contribution in [-0.4, -0.2) is 32.9 Å². The van der Waals surface area contributed by atoms with Gasteiger partial charge in [-0.05, 0) is 31.7 Å². The van der Waals surface area contributed by atoms with E-state index in [1.165, 1.54) is 16.8 Å². The molecule has 0 spiro atoms. The molecule has 1 fully saturated rings. The molecule has 6 heteroatoms. The van der Waals surface area contributed by atoms with Crippen LogP contribution in [0.3, 0.4) is 0 Å². The second-order valence-electron chi connectivity index (χ2n) is 5.03. The molecule has 1 aromatic heterocycles. The molecular formula is C13H19N3O3. The third-order valence-electron chi connectivity index (χ3n) is 3.53. The van der Waals surface area contributed by atoms with Crippen LogP contribution in [0.15, 0.2) is 16.9 Å². The fraction of sp³-hybridized carbons (Fsp3) is 0.615. The summed E-state index contributed by atoms with van der Waals surface area (Å²) in [4.78, 5) is 23.6. The molecule has 1 aliphatic rings. The number of hydrogen-bond acceptors (Lipinski definition) is 4. The normalized spacial score (nSPS) is 16.7. The molecule has 1 aromatic rings. The van der Waals surface area contributed by atoms with E-state index in [4.69, 9.17) is 0 Å². The van der Waals surface area contributed by atoms with Gasteiger partial charge in [-0.2, -0.15) is 5.10 Å². The number of nitrogens with zero attached hydrogens (tertiary/aromatic N) is 2. The van der Waals surface area contributed by atoms with Gasteiger partial charge in [-0.3, -0.25) is 9.59 Å². The average molecular weight is 265 g/mol. The zero-order valence-electron chi connectivity index (χ0n) is 11.1. The first-order chi connectivity index (χ1) is 9.10. The van der Waals surface area contributed by atoms with Crippen molar-refractivity contribution in [3.63, 3.8) is 0 Å². The Morgan fingerprint density at radius 2 is 2.26 bits per heavy atom. The summed E-state index contributed by atoms with van der Waals surface area (Å²) < 4.78 is 1.29. The van der Waals surface area contributed by atoms with Crippen LogP contribution in [0.2, 0.25) is 0 Å². The maximum atomic E-state index is 12.1. The molecule has 19 heavy (non-hydrogen) atoms. The molecule has 1 saturated carbocycles. The van der Waals surface area contributed by atoms with Crippen LogP contribution >= 0.6 is 0 Å². The lowest BCUT2D eigenvalue weighted by atomic mass is 9.77. The lowest BCUT2D eigenvalue weighted by Gasteiger charge is -2.40. The van der Waals surface area contributed by atoms with Gasteiger partial charge in [0.25, 0.3) is 11.5 Å². The van der Waals surface area contributed by atoms with E-state index in [1.54, 1.807) is 0 Å². The van der Waals surface area contributed by atoms with Crippen molar-refractivity contribution in [1.82, 2.24) is 15.1 Å². The second-order valence-corrected chi connectivity index (χ2v) is 5.03. The molecule has 0 radical (unpaired) electrons. The summed E-state index contributed by atoms with van der Waals surface area (Å²) in [7, 11) is 0. The lowest BCUT2D eigenvalue weighted by molar-refractivity contribution is 0.0635. The van der Waals surface area contributed by atoms with Crippen molar-refractivity contribution < 1.29 is 9.90 Å². The lowest BCUT2D eigenvalue weighted by Crippen LogP contribution is -2.56. The zero-order chi connectivity index (χ0) is 13.9. The van der Waals surface area contributed by atoms with Crippen molar-refractivity contribution in [2.75, 3.05) is 6.61 Å². The number of nitrogens with one attached hydrogen (secondary N) is 1. The highest BCUT2D eigenvalue weighted by Gasteiger charge is 2.38. The minimum absolute atomic E-state index is 0.0622. The molecule has 0 saturated heterocycles. The first-order valence-corrected chi connectivity index (χ1v) is 6.62. The molecule has 0 unspecified atom stereocenters. The Bertz CT molecular complexity index is 515. The molecule has 1 aliphatic carbocycles. The summed E-state index contributed by atoms with van der Waals surface area (Å²) in [5, 5.41) is 16.2. The van der Waals surface area contributed by atoms with Gasteiger partial charge in [0.2, 0.25) is 0 Å². The number of amides is 1. The second kappa shape index (κ2) is 5.52. The number of aliphatic hydroxyl groups is 1. The van der Waals surface area contributed by atoms with Gasteiger partial charge in [-0.25, -0.2) is 4.68 Å². The molecule has 104 valence electrons. The molecule has 0 aromatic carbocycles. The number of hydrogen-bond donors (Lipinski definition) is 2. The molecule has 0 atom stereocenters. The predicted octanol–water partition coefficient (Wildman–Crippen LogP) is 0.298. The van der Waals surface area contributed by atoms with Gasteiger partial charge in [0, 0.05) is 12.6 Å². The van der Waals surface area contributed by atoms with Crippen molar-refractivity contribution in [1.29, 1.82) is 0 Å².